The second-order valence-electron chi connectivity index (χ2n) is 5.30. The lowest BCUT2D eigenvalue weighted by molar-refractivity contribution is 0.100. The minimum Gasteiger partial charge on any atom is -0.321 e. The monoisotopic (exact) mass is 339 g/mol. The van der Waals surface area contributed by atoms with Crippen molar-refractivity contribution in [3.8, 4) is 5.13 Å². The standard InChI is InChI=1S/C18H17N3O2S/c1-3-15-16(20-18(24-15)21-9-4-5-10-21)17(23)19-14-8-6-7-13(11-14)12(2)22/h4-11H,3H2,1-2H3,(H,19,23). The van der Waals surface area contributed by atoms with Crippen molar-refractivity contribution in [2.24, 2.45) is 0 Å². The lowest BCUT2D eigenvalue weighted by Crippen LogP contribution is -2.14. The molecule has 0 bridgehead atoms. The van der Waals surface area contributed by atoms with E-state index in [1.807, 2.05) is 36.0 Å². The summed E-state index contributed by atoms with van der Waals surface area (Å²) in [5.41, 5.74) is 1.58. The van der Waals surface area contributed by atoms with Gasteiger partial charge in [0.15, 0.2) is 10.9 Å². The summed E-state index contributed by atoms with van der Waals surface area (Å²) in [4.78, 5) is 29.5. The van der Waals surface area contributed by atoms with E-state index in [1.165, 1.54) is 18.3 Å². The van der Waals surface area contributed by atoms with Crippen LogP contribution in [-0.4, -0.2) is 21.2 Å². The first kappa shape index (κ1) is 16.1. The zero-order chi connectivity index (χ0) is 17.1. The Labute approximate surface area is 144 Å². The van der Waals surface area contributed by atoms with Crippen molar-refractivity contribution in [2.45, 2.75) is 20.3 Å². The molecule has 1 amide bonds. The van der Waals surface area contributed by atoms with Gasteiger partial charge in [0.25, 0.3) is 5.91 Å². The van der Waals surface area contributed by atoms with Crippen molar-refractivity contribution >= 4 is 28.7 Å². The fourth-order valence-electron chi connectivity index (χ4n) is 2.34. The minimum atomic E-state index is -0.262. The molecule has 0 saturated heterocycles. The van der Waals surface area contributed by atoms with E-state index in [2.05, 4.69) is 10.3 Å². The number of rotatable bonds is 5. The summed E-state index contributed by atoms with van der Waals surface area (Å²) in [5.74, 6) is -0.300. The number of hydrogen-bond donors (Lipinski definition) is 1. The largest absolute Gasteiger partial charge is 0.321 e. The number of nitrogens with one attached hydrogen (secondary N) is 1. The molecule has 1 aromatic carbocycles. The van der Waals surface area contributed by atoms with Gasteiger partial charge < -0.3 is 9.88 Å². The third-order valence-electron chi connectivity index (χ3n) is 3.57. The molecule has 3 aromatic rings. The molecular formula is C18H17N3O2S. The summed E-state index contributed by atoms with van der Waals surface area (Å²) in [6.45, 7) is 3.50. The second kappa shape index (κ2) is 6.80. The SMILES string of the molecule is CCc1sc(-n2cccc2)nc1C(=O)Nc1cccc(C(C)=O)c1. The van der Waals surface area contributed by atoms with Crippen molar-refractivity contribution in [2.75, 3.05) is 5.32 Å². The van der Waals surface area contributed by atoms with Crippen LogP contribution in [0.3, 0.4) is 0 Å². The van der Waals surface area contributed by atoms with E-state index in [9.17, 15) is 9.59 Å². The van der Waals surface area contributed by atoms with Crippen LogP contribution >= 0.6 is 11.3 Å². The smallest absolute Gasteiger partial charge is 0.275 e. The Morgan fingerprint density at radius 2 is 1.96 bits per heavy atom. The maximum absolute atomic E-state index is 12.6. The highest BCUT2D eigenvalue weighted by atomic mass is 32.1. The third-order valence-corrected chi connectivity index (χ3v) is 4.79. The first-order chi connectivity index (χ1) is 11.6. The average molecular weight is 339 g/mol. The lowest BCUT2D eigenvalue weighted by atomic mass is 10.1. The molecular weight excluding hydrogens is 322 g/mol. The van der Waals surface area contributed by atoms with E-state index >= 15 is 0 Å². The van der Waals surface area contributed by atoms with Crippen LogP contribution in [0.25, 0.3) is 5.13 Å². The highest BCUT2D eigenvalue weighted by molar-refractivity contribution is 7.14. The van der Waals surface area contributed by atoms with Crippen molar-refractivity contribution in [3.05, 3.63) is 64.9 Å². The average Bonchev–Trinajstić information content (AvgIpc) is 3.24. The zero-order valence-electron chi connectivity index (χ0n) is 13.4. The van der Waals surface area contributed by atoms with Crippen LogP contribution in [0.2, 0.25) is 0 Å². The molecule has 6 heteroatoms. The summed E-state index contributed by atoms with van der Waals surface area (Å²) in [6.07, 6.45) is 4.53. The van der Waals surface area contributed by atoms with Gasteiger partial charge in [0, 0.05) is 28.5 Å². The molecule has 0 aliphatic heterocycles. The molecule has 0 aliphatic carbocycles. The number of carbonyl (C=O) groups excluding carboxylic acids is 2. The minimum absolute atomic E-state index is 0.0381. The highest BCUT2D eigenvalue weighted by Gasteiger charge is 2.18. The third kappa shape index (κ3) is 3.28. The Kier molecular flexibility index (Phi) is 4.57. The molecule has 0 fully saturated rings. The number of aryl methyl sites for hydroxylation is 1. The molecule has 5 nitrogen and oxygen atoms in total. The van der Waals surface area contributed by atoms with Gasteiger partial charge in [0.2, 0.25) is 0 Å². The van der Waals surface area contributed by atoms with E-state index in [-0.39, 0.29) is 11.7 Å². The molecule has 0 spiro atoms. The molecule has 0 atom stereocenters. The van der Waals surface area contributed by atoms with Gasteiger partial charge in [-0.15, -0.1) is 11.3 Å². The van der Waals surface area contributed by atoms with Gasteiger partial charge in [0.05, 0.1) is 0 Å². The number of amides is 1. The van der Waals surface area contributed by atoms with Gasteiger partial charge in [0.1, 0.15) is 5.69 Å². The van der Waals surface area contributed by atoms with Crippen LogP contribution < -0.4 is 5.32 Å². The van der Waals surface area contributed by atoms with Crippen molar-refractivity contribution in [3.63, 3.8) is 0 Å². The summed E-state index contributed by atoms with van der Waals surface area (Å²) < 4.78 is 1.89. The molecule has 2 aromatic heterocycles. The van der Waals surface area contributed by atoms with E-state index in [0.29, 0.717) is 16.9 Å². The summed E-state index contributed by atoms with van der Waals surface area (Å²) in [6, 6.07) is 10.7. The number of anilines is 1. The molecule has 1 N–H and O–H groups in total. The summed E-state index contributed by atoms with van der Waals surface area (Å²) in [7, 11) is 0. The first-order valence-electron chi connectivity index (χ1n) is 7.64. The molecule has 0 saturated carbocycles. The summed E-state index contributed by atoms with van der Waals surface area (Å²) >= 11 is 1.50. The Balaban J connectivity index is 1.87. The normalized spacial score (nSPS) is 10.6. The number of aromatic nitrogens is 2. The number of benzene rings is 1. The molecule has 122 valence electrons. The number of thiazole rings is 1. The van der Waals surface area contributed by atoms with Crippen LogP contribution in [0.4, 0.5) is 5.69 Å². The molecule has 0 aliphatic rings. The predicted octanol–water partition coefficient (Wildman–Crippen LogP) is 3.95. The van der Waals surface area contributed by atoms with Gasteiger partial charge in [-0.25, -0.2) is 4.98 Å². The number of ketones is 1. The van der Waals surface area contributed by atoms with E-state index < -0.39 is 0 Å². The predicted molar refractivity (Wildman–Crippen MR) is 95.2 cm³/mol. The molecule has 2 heterocycles. The van der Waals surface area contributed by atoms with Crippen molar-refractivity contribution in [1.82, 2.24) is 9.55 Å². The fourth-order valence-corrected chi connectivity index (χ4v) is 3.30. The quantitative estimate of drug-likeness (QED) is 0.716. The highest BCUT2D eigenvalue weighted by Crippen LogP contribution is 2.24. The second-order valence-corrected chi connectivity index (χ2v) is 6.37. The molecule has 3 rings (SSSR count). The maximum atomic E-state index is 12.6. The molecule has 0 radical (unpaired) electrons. The number of carbonyl (C=O) groups is 2. The van der Waals surface area contributed by atoms with Crippen molar-refractivity contribution < 1.29 is 9.59 Å². The lowest BCUT2D eigenvalue weighted by Gasteiger charge is -2.05. The van der Waals surface area contributed by atoms with Gasteiger partial charge in [-0.05, 0) is 37.6 Å². The van der Waals surface area contributed by atoms with E-state index in [0.717, 1.165) is 16.4 Å². The van der Waals surface area contributed by atoms with Gasteiger partial charge >= 0.3 is 0 Å². The number of nitrogens with zero attached hydrogens (tertiary/aromatic N) is 2. The van der Waals surface area contributed by atoms with Gasteiger partial charge in [-0.2, -0.15) is 0 Å². The molecule has 24 heavy (non-hydrogen) atoms. The topological polar surface area (TPSA) is 64.0 Å². The van der Waals surface area contributed by atoms with Crippen LogP contribution in [0.5, 0.6) is 0 Å². The number of Topliss-reactive ketones (excluding diaryl/α,β-unsaturated/α-hetero) is 1. The Bertz CT molecular complexity index is 882. The van der Waals surface area contributed by atoms with Gasteiger partial charge in [-0.1, -0.05) is 19.1 Å². The van der Waals surface area contributed by atoms with E-state index in [4.69, 9.17) is 0 Å². The van der Waals surface area contributed by atoms with Crippen LogP contribution in [0.15, 0.2) is 48.8 Å². The first-order valence-corrected chi connectivity index (χ1v) is 8.45. The Hall–Kier alpha value is -2.73. The van der Waals surface area contributed by atoms with Crippen LogP contribution in [0, 0.1) is 0 Å². The number of hydrogen-bond acceptors (Lipinski definition) is 4. The Morgan fingerprint density at radius 3 is 2.62 bits per heavy atom. The summed E-state index contributed by atoms with van der Waals surface area (Å²) in [5, 5.41) is 3.59. The van der Waals surface area contributed by atoms with Crippen LogP contribution in [-0.2, 0) is 6.42 Å². The van der Waals surface area contributed by atoms with E-state index in [1.54, 1.807) is 24.3 Å². The maximum Gasteiger partial charge on any atom is 0.275 e. The molecule has 0 unspecified atom stereocenters. The zero-order valence-corrected chi connectivity index (χ0v) is 14.3. The van der Waals surface area contributed by atoms with Crippen molar-refractivity contribution in [1.29, 1.82) is 0 Å². The van der Waals surface area contributed by atoms with Crippen LogP contribution in [0.1, 0.15) is 39.6 Å². The van der Waals surface area contributed by atoms with Gasteiger partial charge in [-0.3, -0.25) is 9.59 Å². The Morgan fingerprint density at radius 1 is 1.21 bits per heavy atom. The fraction of sp³-hybridized carbons (Fsp3) is 0.167.